The van der Waals surface area contributed by atoms with Crippen molar-refractivity contribution in [1.29, 1.82) is 0 Å². The van der Waals surface area contributed by atoms with Crippen molar-refractivity contribution in [3.8, 4) is 0 Å². The molecule has 0 bridgehead atoms. The quantitative estimate of drug-likeness (QED) is 0.113. The zero-order chi connectivity index (χ0) is 46.5. The van der Waals surface area contributed by atoms with E-state index in [2.05, 4.69) is 203 Å². The summed E-state index contributed by atoms with van der Waals surface area (Å²) in [4.78, 5) is 10.3. The highest BCUT2D eigenvalue weighted by Gasteiger charge is 2.32. The summed E-state index contributed by atoms with van der Waals surface area (Å²) < 4.78 is 0. The van der Waals surface area contributed by atoms with Gasteiger partial charge in [0.25, 0.3) is 0 Å². The van der Waals surface area contributed by atoms with E-state index in [1.807, 2.05) is 90.7 Å². The van der Waals surface area contributed by atoms with E-state index < -0.39 is 0 Å². The SMILES string of the molecule is Cc1ccsc1N(c1sccc1C)c1cc(N(c2sccc2C)c2sccc2C)c2ccc3c(N(c4sccc4C)c4sccc4C)cc(N(c4sccc4C)c4sccc4C)c4ccc1c2c43. The molecule has 0 amide bonds. The average molecular weight is 1030 g/mol. The molecule has 8 heterocycles. The van der Waals surface area contributed by atoms with Crippen LogP contribution in [0.25, 0.3) is 32.3 Å². The molecule has 12 heteroatoms. The van der Waals surface area contributed by atoms with Crippen LogP contribution in [-0.4, -0.2) is 0 Å². The number of nitrogens with zero attached hydrogens (tertiary/aromatic N) is 4. The predicted molar refractivity (Wildman–Crippen MR) is 310 cm³/mol. The smallest absolute Gasteiger partial charge is 0.104 e. The van der Waals surface area contributed by atoms with E-state index in [-0.39, 0.29) is 0 Å². The highest BCUT2D eigenvalue weighted by molar-refractivity contribution is 7.18. The van der Waals surface area contributed by atoms with Gasteiger partial charge in [-0.1, -0.05) is 24.3 Å². The zero-order valence-electron chi connectivity index (χ0n) is 38.8. The molecule has 0 fully saturated rings. The maximum atomic E-state index is 2.57. The van der Waals surface area contributed by atoms with Crippen molar-refractivity contribution in [3.63, 3.8) is 0 Å². The van der Waals surface area contributed by atoms with Crippen LogP contribution in [0.15, 0.2) is 128 Å². The third kappa shape index (κ3) is 6.93. The van der Waals surface area contributed by atoms with Crippen LogP contribution in [-0.2, 0) is 0 Å². The van der Waals surface area contributed by atoms with Crippen molar-refractivity contribution in [2.75, 3.05) is 19.6 Å². The van der Waals surface area contributed by atoms with Crippen molar-refractivity contribution >= 4 is 186 Å². The van der Waals surface area contributed by atoms with Gasteiger partial charge in [0.1, 0.15) is 40.0 Å². The third-order valence-corrected chi connectivity index (χ3v) is 21.1. The standard InChI is InChI=1S/C56H46N4S8/c1-31-13-21-61-49(31)57(50-32(2)14-22-62-50)43-29-44(58(51-33(3)15-23-63-51)52-34(4)16-24-64-52)40-11-12-42-46(60(55-37(7)19-27-67-55)56-38(8)20-28-68-56)30-45(41-10-9-39(43)47(40)48(41)42)59(53-35(5)17-25-65-53)54-36(6)18-26-66-54/h9-30H,1-8H3. The van der Waals surface area contributed by atoms with Gasteiger partial charge in [-0.05, 0) is 204 Å². The van der Waals surface area contributed by atoms with Gasteiger partial charge >= 0.3 is 0 Å². The number of thiophene rings is 8. The van der Waals surface area contributed by atoms with Crippen LogP contribution in [0.2, 0.25) is 0 Å². The normalized spacial score (nSPS) is 11.8. The first kappa shape index (κ1) is 44.0. The van der Waals surface area contributed by atoms with Crippen LogP contribution in [0.3, 0.4) is 0 Å². The minimum Gasteiger partial charge on any atom is -0.292 e. The third-order valence-electron chi connectivity index (χ3n) is 13.1. The summed E-state index contributed by atoms with van der Waals surface area (Å²) in [5.41, 5.74) is 14.8. The van der Waals surface area contributed by atoms with Crippen molar-refractivity contribution in [1.82, 2.24) is 0 Å². The Morgan fingerprint density at radius 2 is 0.397 bits per heavy atom. The van der Waals surface area contributed by atoms with Gasteiger partial charge in [0.2, 0.25) is 0 Å². The maximum Gasteiger partial charge on any atom is 0.104 e. The molecule has 0 aliphatic carbocycles. The van der Waals surface area contributed by atoms with E-state index in [0.29, 0.717) is 0 Å². The predicted octanol–water partition coefficient (Wildman–Crippen LogP) is 21.4. The molecule has 8 aromatic heterocycles. The van der Waals surface area contributed by atoms with Gasteiger partial charge in [0, 0.05) is 32.3 Å². The summed E-state index contributed by atoms with van der Waals surface area (Å²) in [5.74, 6) is 0. The molecule has 0 spiro atoms. The van der Waals surface area contributed by atoms with Gasteiger partial charge < -0.3 is 0 Å². The Balaban J connectivity index is 1.30. The van der Waals surface area contributed by atoms with E-state index >= 15 is 0 Å². The molecular weight excluding hydrogens is 985 g/mol. The summed E-state index contributed by atoms with van der Waals surface area (Å²) in [7, 11) is 0. The molecule has 0 radical (unpaired) electrons. The topological polar surface area (TPSA) is 13.0 Å². The van der Waals surface area contributed by atoms with E-state index in [1.54, 1.807) is 0 Å². The van der Waals surface area contributed by atoms with Crippen LogP contribution in [0.4, 0.5) is 62.8 Å². The molecule has 0 N–H and O–H groups in total. The number of anilines is 12. The number of aryl methyl sites for hydroxylation is 8. The summed E-state index contributed by atoms with van der Waals surface area (Å²) >= 11 is 14.6. The van der Waals surface area contributed by atoms with E-state index in [1.165, 1.54) is 140 Å². The molecule has 0 unspecified atom stereocenters. The second kappa shape index (κ2) is 17.3. The lowest BCUT2D eigenvalue weighted by Crippen LogP contribution is -2.15. The van der Waals surface area contributed by atoms with Crippen molar-refractivity contribution in [2.24, 2.45) is 0 Å². The van der Waals surface area contributed by atoms with Gasteiger partial charge in [0.15, 0.2) is 0 Å². The van der Waals surface area contributed by atoms with Gasteiger partial charge in [-0.25, -0.2) is 0 Å². The minimum absolute atomic E-state index is 1.18. The Bertz CT molecular complexity index is 3160. The van der Waals surface area contributed by atoms with Gasteiger partial charge in [0.05, 0.1) is 22.7 Å². The number of rotatable bonds is 12. The summed E-state index contributed by atoms with van der Waals surface area (Å²) in [6.07, 6.45) is 0. The van der Waals surface area contributed by atoms with Crippen molar-refractivity contribution in [3.05, 3.63) is 172 Å². The molecule has 0 saturated carbocycles. The Morgan fingerprint density at radius 3 is 0.529 bits per heavy atom. The summed E-state index contributed by atoms with van der Waals surface area (Å²) in [6.45, 7) is 18.1. The fourth-order valence-corrected chi connectivity index (χ4v) is 17.5. The van der Waals surface area contributed by atoms with Crippen LogP contribution < -0.4 is 19.6 Å². The Labute approximate surface area is 429 Å². The zero-order valence-corrected chi connectivity index (χ0v) is 45.3. The lowest BCUT2D eigenvalue weighted by Gasteiger charge is -2.33. The fraction of sp³-hybridized carbons (Fsp3) is 0.143. The first-order chi connectivity index (χ1) is 33.1. The molecule has 12 rings (SSSR count). The molecule has 68 heavy (non-hydrogen) atoms. The largest absolute Gasteiger partial charge is 0.292 e. The van der Waals surface area contributed by atoms with E-state index in [9.17, 15) is 0 Å². The first-order valence-electron chi connectivity index (χ1n) is 22.4. The summed E-state index contributed by atoms with van der Waals surface area (Å²) in [5, 5.41) is 35.3. The van der Waals surface area contributed by atoms with Crippen molar-refractivity contribution in [2.45, 2.75) is 55.4 Å². The van der Waals surface area contributed by atoms with Gasteiger partial charge in [-0.15, -0.1) is 90.7 Å². The highest BCUT2D eigenvalue weighted by atomic mass is 32.1. The van der Waals surface area contributed by atoms with Crippen LogP contribution in [0.1, 0.15) is 44.5 Å². The second-order valence-corrected chi connectivity index (χ2v) is 24.7. The molecule has 338 valence electrons. The Morgan fingerprint density at radius 1 is 0.235 bits per heavy atom. The monoisotopic (exact) mass is 1030 g/mol. The molecule has 0 atom stereocenters. The number of benzene rings is 4. The lowest BCUT2D eigenvalue weighted by atomic mass is 9.89. The number of hydrogen-bond acceptors (Lipinski definition) is 12. The van der Waals surface area contributed by atoms with Crippen LogP contribution in [0, 0.1) is 55.4 Å². The fourth-order valence-electron chi connectivity index (χ4n) is 9.65. The van der Waals surface area contributed by atoms with E-state index in [4.69, 9.17) is 0 Å². The average Bonchev–Trinajstić information content (AvgIpc) is 4.20. The van der Waals surface area contributed by atoms with Crippen LogP contribution in [0.5, 0.6) is 0 Å². The molecule has 4 aromatic carbocycles. The summed E-state index contributed by atoms with van der Waals surface area (Å²) in [6, 6.07) is 32.9. The molecule has 0 aliphatic rings. The van der Waals surface area contributed by atoms with Crippen LogP contribution >= 0.6 is 90.7 Å². The van der Waals surface area contributed by atoms with E-state index in [0.717, 1.165) is 0 Å². The lowest BCUT2D eigenvalue weighted by molar-refractivity contribution is 1.28. The molecule has 4 nitrogen and oxygen atoms in total. The Kier molecular flexibility index (Phi) is 11.2. The van der Waals surface area contributed by atoms with Crippen molar-refractivity contribution < 1.29 is 0 Å². The molecule has 0 aliphatic heterocycles. The maximum absolute atomic E-state index is 2.57. The molecular formula is C56H46N4S8. The van der Waals surface area contributed by atoms with Gasteiger partial charge in [-0.3, -0.25) is 19.6 Å². The van der Waals surface area contributed by atoms with Gasteiger partial charge in [-0.2, -0.15) is 0 Å². The molecule has 0 saturated heterocycles. The molecule has 12 aromatic rings. The first-order valence-corrected chi connectivity index (χ1v) is 29.4. The second-order valence-electron chi connectivity index (χ2n) is 17.5. The highest BCUT2D eigenvalue weighted by Crippen LogP contribution is 2.58. The Hall–Kier alpha value is -5.28. The minimum atomic E-state index is 1.18. The number of hydrogen-bond donors (Lipinski definition) is 0.